The highest BCUT2D eigenvalue weighted by Crippen LogP contribution is 2.43. The van der Waals surface area contributed by atoms with Crippen LogP contribution in [0.15, 0.2) is 53.2 Å². The second kappa shape index (κ2) is 7.89. The van der Waals surface area contributed by atoms with Gasteiger partial charge in [0, 0.05) is 45.4 Å². The first kappa shape index (κ1) is 19.5. The van der Waals surface area contributed by atoms with Crippen molar-refractivity contribution in [2.75, 3.05) is 0 Å². The highest BCUT2D eigenvalue weighted by atomic mass is 35.5. The van der Waals surface area contributed by atoms with Crippen molar-refractivity contribution in [2.24, 2.45) is 10.7 Å². The van der Waals surface area contributed by atoms with Crippen LogP contribution in [-0.2, 0) is 6.42 Å². The van der Waals surface area contributed by atoms with Gasteiger partial charge in [-0.2, -0.15) is 0 Å². The maximum atomic E-state index is 12.1. The summed E-state index contributed by atoms with van der Waals surface area (Å²) in [6.45, 7) is 3.89. The molecule has 5 nitrogen and oxygen atoms in total. The number of primary amides is 1. The van der Waals surface area contributed by atoms with E-state index in [0.29, 0.717) is 15.6 Å². The SMILES string of the molecule is CC=C1C=Nc2[nH]cc(-c3cc(OC(C)c4ccccc4Cl)c(C(N)=O)s3)c2C1. The maximum absolute atomic E-state index is 12.1. The second-order valence-corrected chi connectivity index (χ2v) is 8.24. The van der Waals surface area contributed by atoms with Gasteiger partial charge in [-0.1, -0.05) is 35.9 Å². The quantitative estimate of drug-likeness (QED) is 0.538. The number of allylic oxidation sites excluding steroid dienone is 2. The molecular formula is C22H20ClN3O2S. The van der Waals surface area contributed by atoms with E-state index in [1.54, 1.807) is 0 Å². The van der Waals surface area contributed by atoms with E-state index in [1.165, 1.54) is 11.3 Å². The zero-order valence-corrected chi connectivity index (χ0v) is 17.6. The van der Waals surface area contributed by atoms with Crippen molar-refractivity contribution in [3.05, 3.63) is 69.2 Å². The number of rotatable bonds is 5. The van der Waals surface area contributed by atoms with Gasteiger partial charge in [0.05, 0.1) is 0 Å². The van der Waals surface area contributed by atoms with Crippen LogP contribution in [0.5, 0.6) is 5.75 Å². The van der Waals surface area contributed by atoms with Gasteiger partial charge in [-0.3, -0.25) is 4.79 Å². The Labute approximate surface area is 177 Å². The van der Waals surface area contributed by atoms with E-state index in [1.807, 2.05) is 62.7 Å². The molecular weight excluding hydrogens is 406 g/mol. The Hall–Kier alpha value is -2.83. The Morgan fingerprint density at radius 2 is 2.21 bits per heavy atom. The molecule has 3 heterocycles. The number of carbonyl (C=O) groups is 1. The van der Waals surface area contributed by atoms with Crippen molar-refractivity contribution in [1.82, 2.24) is 4.98 Å². The average molecular weight is 426 g/mol. The molecule has 4 rings (SSSR count). The molecule has 0 fully saturated rings. The van der Waals surface area contributed by atoms with Crippen molar-refractivity contribution in [3.8, 4) is 16.2 Å². The van der Waals surface area contributed by atoms with Crippen molar-refractivity contribution in [3.63, 3.8) is 0 Å². The number of aromatic nitrogens is 1. The van der Waals surface area contributed by atoms with Crippen LogP contribution in [0.4, 0.5) is 5.82 Å². The largest absolute Gasteiger partial charge is 0.484 e. The average Bonchev–Trinajstić information content (AvgIpc) is 3.31. The molecule has 0 spiro atoms. The number of hydrogen-bond donors (Lipinski definition) is 2. The minimum absolute atomic E-state index is 0.330. The van der Waals surface area contributed by atoms with Crippen LogP contribution in [0, 0.1) is 0 Å². The summed E-state index contributed by atoms with van der Waals surface area (Å²) in [6, 6.07) is 9.36. The Morgan fingerprint density at radius 1 is 1.41 bits per heavy atom. The molecule has 1 aromatic carbocycles. The third-order valence-corrected chi connectivity index (χ3v) is 6.42. The first-order valence-electron chi connectivity index (χ1n) is 9.22. The summed E-state index contributed by atoms with van der Waals surface area (Å²) >= 11 is 7.61. The monoisotopic (exact) mass is 425 g/mol. The number of thiophene rings is 1. The molecule has 0 aliphatic carbocycles. The lowest BCUT2D eigenvalue weighted by Crippen LogP contribution is -2.12. The summed E-state index contributed by atoms with van der Waals surface area (Å²) < 4.78 is 6.11. The summed E-state index contributed by atoms with van der Waals surface area (Å²) in [6.07, 6.45) is 6.28. The molecule has 0 radical (unpaired) electrons. The Morgan fingerprint density at radius 3 is 2.93 bits per heavy atom. The maximum Gasteiger partial charge on any atom is 0.262 e. The molecule has 1 aliphatic rings. The molecule has 148 valence electrons. The van der Waals surface area contributed by atoms with Crippen molar-refractivity contribution in [1.29, 1.82) is 0 Å². The summed E-state index contributed by atoms with van der Waals surface area (Å²) in [5, 5.41) is 0.618. The lowest BCUT2D eigenvalue weighted by Gasteiger charge is -2.16. The molecule has 3 aromatic rings. The van der Waals surface area contributed by atoms with E-state index in [-0.39, 0.29) is 6.10 Å². The topological polar surface area (TPSA) is 80.5 Å². The zero-order valence-electron chi connectivity index (χ0n) is 16.0. The van der Waals surface area contributed by atoms with Crippen molar-refractivity contribution < 1.29 is 9.53 Å². The number of hydrogen-bond acceptors (Lipinski definition) is 4. The molecule has 1 unspecified atom stereocenters. The highest BCUT2D eigenvalue weighted by molar-refractivity contribution is 7.17. The Kier molecular flexibility index (Phi) is 5.30. The fraction of sp³-hybridized carbons (Fsp3) is 0.182. The number of aromatic amines is 1. The van der Waals surface area contributed by atoms with Crippen LogP contribution >= 0.6 is 22.9 Å². The fourth-order valence-electron chi connectivity index (χ4n) is 3.36. The van der Waals surface area contributed by atoms with Gasteiger partial charge in [-0.25, -0.2) is 4.99 Å². The predicted octanol–water partition coefficient (Wildman–Crippen LogP) is 5.84. The number of ether oxygens (including phenoxy) is 1. The lowest BCUT2D eigenvalue weighted by molar-refractivity contribution is 0.0998. The van der Waals surface area contributed by atoms with E-state index >= 15 is 0 Å². The van der Waals surface area contributed by atoms with E-state index in [9.17, 15) is 4.79 Å². The number of amides is 1. The van der Waals surface area contributed by atoms with Crippen LogP contribution < -0.4 is 10.5 Å². The Bertz CT molecular complexity index is 1140. The molecule has 29 heavy (non-hydrogen) atoms. The molecule has 0 saturated heterocycles. The number of fused-ring (bicyclic) bond motifs is 1. The number of nitrogens with one attached hydrogen (secondary N) is 1. The zero-order chi connectivity index (χ0) is 20.5. The van der Waals surface area contributed by atoms with Crippen LogP contribution in [0.1, 0.15) is 40.8 Å². The van der Waals surface area contributed by atoms with Gasteiger partial charge >= 0.3 is 0 Å². The first-order chi connectivity index (χ1) is 14.0. The van der Waals surface area contributed by atoms with Crippen LogP contribution in [-0.4, -0.2) is 17.1 Å². The molecule has 0 bridgehead atoms. The van der Waals surface area contributed by atoms with Crippen molar-refractivity contribution >= 4 is 40.9 Å². The lowest BCUT2D eigenvalue weighted by atomic mass is 10.0. The molecule has 7 heteroatoms. The molecule has 1 atom stereocenters. The van der Waals surface area contributed by atoms with E-state index in [4.69, 9.17) is 22.1 Å². The third kappa shape index (κ3) is 3.73. The standard InChI is InChI=1S/C22H20ClN3O2S/c1-3-13-8-15-16(11-26-22(15)25-10-13)19-9-18(20(29-19)21(24)27)28-12(2)14-6-4-5-7-17(14)23/h3-7,9-12,26H,8H2,1-2H3,(H2,24,27). The van der Waals surface area contributed by atoms with Gasteiger partial charge in [0.15, 0.2) is 0 Å². The summed E-state index contributed by atoms with van der Waals surface area (Å²) in [5.41, 5.74) is 9.73. The molecule has 1 aliphatic heterocycles. The number of halogens is 1. The number of nitrogens with zero attached hydrogens (tertiary/aromatic N) is 1. The van der Waals surface area contributed by atoms with E-state index < -0.39 is 5.91 Å². The van der Waals surface area contributed by atoms with Gasteiger partial charge < -0.3 is 15.5 Å². The van der Waals surface area contributed by atoms with Crippen LogP contribution in [0.3, 0.4) is 0 Å². The number of carbonyl (C=O) groups excluding carboxylic acids is 1. The molecule has 1 amide bonds. The van der Waals surface area contributed by atoms with Crippen molar-refractivity contribution in [2.45, 2.75) is 26.4 Å². The van der Waals surface area contributed by atoms with Crippen LogP contribution in [0.25, 0.3) is 10.4 Å². The van der Waals surface area contributed by atoms with Gasteiger partial charge in [-0.15, -0.1) is 11.3 Å². The van der Waals surface area contributed by atoms with Gasteiger partial charge in [0.2, 0.25) is 0 Å². The fourth-order valence-corrected chi connectivity index (χ4v) is 4.63. The number of nitrogens with two attached hydrogens (primary N) is 1. The summed E-state index contributed by atoms with van der Waals surface area (Å²) in [7, 11) is 0. The smallest absolute Gasteiger partial charge is 0.262 e. The number of H-pyrrole nitrogens is 1. The minimum atomic E-state index is -0.515. The first-order valence-corrected chi connectivity index (χ1v) is 10.4. The molecule has 2 aromatic heterocycles. The van der Waals surface area contributed by atoms with Crippen LogP contribution in [0.2, 0.25) is 5.02 Å². The molecule has 3 N–H and O–H groups in total. The number of benzene rings is 1. The van der Waals surface area contributed by atoms with E-state index in [0.717, 1.165) is 39.4 Å². The second-order valence-electron chi connectivity index (χ2n) is 6.78. The van der Waals surface area contributed by atoms with E-state index in [2.05, 4.69) is 9.98 Å². The minimum Gasteiger partial charge on any atom is -0.484 e. The summed E-state index contributed by atoms with van der Waals surface area (Å²) in [4.78, 5) is 21.0. The van der Waals surface area contributed by atoms with Gasteiger partial charge in [0.25, 0.3) is 5.91 Å². The normalized spacial score (nSPS) is 15.3. The van der Waals surface area contributed by atoms with Gasteiger partial charge in [-0.05, 0) is 31.6 Å². The third-order valence-electron chi connectivity index (χ3n) is 4.91. The highest BCUT2D eigenvalue weighted by Gasteiger charge is 2.23. The molecule has 0 saturated carbocycles. The number of aliphatic imine (C=N–C) groups is 1. The Balaban J connectivity index is 1.70. The van der Waals surface area contributed by atoms with Gasteiger partial charge in [0.1, 0.15) is 22.5 Å². The predicted molar refractivity (Wildman–Crippen MR) is 119 cm³/mol. The summed E-state index contributed by atoms with van der Waals surface area (Å²) in [5.74, 6) is 0.788.